The molecule has 1 saturated heterocycles. The van der Waals surface area contributed by atoms with Gasteiger partial charge < -0.3 is 5.11 Å². The Bertz CT molecular complexity index is 423. The summed E-state index contributed by atoms with van der Waals surface area (Å²) in [5.74, 6) is -1.57. The van der Waals surface area contributed by atoms with Crippen LogP contribution in [0.25, 0.3) is 0 Å². The lowest BCUT2D eigenvalue weighted by Crippen LogP contribution is -2.38. The van der Waals surface area contributed by atoms with Crippen LogP contribution in [0.3, 0.4) is 0 Å². The molecule has 2 amide bonds. The maximum Gasteiger partial charge on any atom is 0.306 e. The second-order valence-corrected chi connectivity index (χ2v) is 6.42. The Morgan fingerprint density at radius 1 is 1.00 bits per heavy atom. The first-order valence-corrected chi connectivity index (χ1v) is 7.67. The van der Waals surface area contributed by atoms with Gasteiger partial charge in [-0.3, -0.25) is 19.3 Å². The van der Waals surface area contributed by atoms with Crippen LogP contribution in [0.1, 0.15) is 44.9 Å². The lowest BCUT2D eigenvalue weighted by atomic mass is 9.81. The minimum Gasteiger partial charge on any atom is -0.481 e. The van der Waals surface area contributed by atoms with Gasteiger partial charge in [0.15, 0.2) is 0 Å². The highest BCUT2D eigenvalue weighted by Gasteiger charge is 2.49. The van der Waals surface area contributed by atoms with E-state index in [1.807, 2.05) is 0 Å². The molecule has 0 aromatic rings. The molecule has 20 heavy (non-hydrogen) atoms. The van der Waals surface area contributed by atoms with Crippen molar-refractivity contribution in [2.45, 2.75) is 44.9 Å². The molecule has 110 valence electrons. The van der Waals surface area contributed by atoms with E-state index in [-0.39, 0.29) is 29.6 Å². The molecule has 1 N–H and O–H groups in total. The van der Waals surface area contributed by atoms with Gasteiger partial charge in [-0.05, 0) is 31.6 Å². The van der Waals surface area contributed by atoms with E-state index >= 15 is 0 Å². The zero-order valence-electron chi connectivity index (χ0n) is 11.6. The molecular weight excluding hydrogens is 258 g/mol. The molecule has 0 aromatic heterocycles. The number of rotatable bonds is 3. The van der Waals surface area contributed by atoms with E-state index < -0.39 is 11.9 Å². The molecule has 3 rings (SSSR count). The molecule has 3 aliphatic rings. The molecule has 5 nitrogen and oxygen atoms in total. The van der Waals surface area contributed by atoms with Gasteiger partial charge in [0.25, 0.3) is 0 Å². The summed E-state index contributed by atoms with van der Waals surface area (Å²) in [5, 5.41) is 9.21. The molecule has 0 spiro atoms. The Balaban J connectivity index is 1.72. The topological polar surface area (TPSA) is 74.7 Å². The first-order valence-electron chi connectivity index (χ1n) is 7.67. The van der Waals surface area contributed by atoms with Gasteiger partial charge in [0.2, 0.25) is 11.8 Å². The summed E-state index contributed by atoms with van der Waals surface area (Å²) in [5.41, 5.74) is 0. The normalized spacial score (nSPS) is 37.3. The smallest absolute Gasteiger partial charge is 0.306 e. The first kappa shape index (κ1) is 13.6. The maximum absolute atomic E-state index is 12.4. The van der Waals surface area contributed by atoms with Crippen LogP contribution in [0, 0.1) is 23.7 Å². The number of hydrogen-bond acceptors (Lipinski definition) is 3. The van der Waals surface area contributed by atoms with Crippen LogP contribution in [0.4, 0.5) is 0 Å². The quantitative estimate of drug-likeness (QED) is 0.797. The molecule has 1 aliphatic heterocycles. The molecule has 4 unspecified atom stereocenters. The van der Waals surface area contributed by atoms with Crippen molar-refractivity contribution in [2.75, 3.05) is 6.54 Å². The summed E-state index contributed by atoms with van der Waals surface area (Å²) in [6.45, 7) is 0.321. The van der Waals surface area contributed by atoms with E-state index in [0.717, 1.165) is 38.5 Å². The number of aliphatic carboxylic acids is 1. The van der Waals surface area contributed by atoms with Crippen molar-refractivity contribution in [3.05, 3.63) is 0 Å². The predicted molar refractivity (Wildman–Crippen MR) is 70.6 cm³/mol. The van der Waals surface area contributed by atoms with Crippen molar-refractivity contribution in [2.24, 2.45) is 23.7 Å². The van der Waals surface area contributed by atoms with E-state index in [9.17, 15) is 19.5 Å². The Morgan fingerprint density at radius 2 is 1.60 bits per heavy atom. The number of likely N-dealkylation sites (tertiary alicyclic amines) is 1. The fraction of sp³-hybridized carbons (Fsp3) is 0.800. The predicted octanol–water partition coefficient (Wildman–Crippen LogP) is 1.66. The Morgan fingerprint density at radius 3 is 2.15 bits per heavy atom. The van der Waals surface area contributed by atoms with Gasteiger partial charge in [0.1, 0.15) is 0 Å². The Hall–Kier alpha value is -1.39. The molecule has 0 aromatic carbocycles. The molecule has 3 fully saturated rings. The highest BCUT2D eigenvalue weighted by molar-refractivity contribution is 6.05. The van der Waals surface area contributed by atoms with Crippen LogP contribution in [0.2, 0.25) is 0 Å². The van der Waals surface area contributed by atoms with Gasteiger partial charge in [0, 0.05) is 6.54 Å². The van der Waals surface area contributed by atoms with Crippen molar-refractivity contribution < 1.29 is 19.5 Å². The maximum atomic E-state index is 12.4. The summed E-state index contributed by atoms with van der Waals surface area (Å²) in [6.07, 6.45) is 6.04. The monoisotopic (exact) mass is 279 g/mol. The third kappa shape index (κ3) is 2.13. The summed E-state index contributed by atoms with van der Waals surface area (Å²) >= 11 is 0. The lowest BCUT2D eigenvalue weighted by Gasteiger charge is -2.22. The van der Waals surface area contributed by atoms with Crippen molar-refractivity contribution in [1.82, 2.24) is 4.90 Å². The molecule has 0 radical (unpaired) electrons. The molecule has 5 heteroatoms. The molecule has 2 aliphatic carbocycles. The minimum absolute atomic E-state index is 0.0456. The van der Waals surface area contributed by atoms with Gasteiger partial charge in [-0.25, -0.2) is 0 Å². The van der Waals surface area contributed by atoms with Gasteiger partial charge in [-0.1, -0.05) is 19.3 Å². The Labute approximate surface area is 118 Å². The SMILES string of the molecule is O=C(O)C1CCCC1CN1C(=O)C2CCCCC2C1=O. The van der Waals surface area contributed by atoms with Crippen LogP contribution in [-0.2, 0) is 14.4 Å². The number of amides is 2. The summed E-state index contributed by atoms with van der Waals surface area (Å²) < 4.78 is 0. The van der Waals surface area contributed by atoms with E-state index in [1.165, 1.54) is 4.90 Å². The number of nitrogens with zero attached hydrogens (tertiary/aromatic N) is 1. The summed E-state index contributed by atoms with van der Waals surface area (Å²) in [4.78, 5) is 37.3. The van der Waals surface area contributed by atoms with Gasteiger partial charge >= 0.3 is 5.97 Å². The Kier molecular flexibility index (Phi) is 3.52. The minimum atomic E-state index is -0.788. The van der Waals surface area contributed by atoms with E-state index in [2.05, 4.69) is 0 Å². The number of imide groups is 1. The zero-order valence-corrected chi connectivity index (χ0v) is 11.6. The second-order valence-electron chi connectivity index (χ2n) is 6.42. The average Bonchev–Trinajstić information content (AvgIpc) is 2.99. The van der Waals surface area contributed by atoms with E-state index in [1.54, 1.807) is 0 Å². The molecule has 1 heterocycles. The highest BCUT2D eigenvalue weighted by atomic mass is 16.4. The van der Waals surface area contributed by atoms with Crippen LogP contribution < -0.4 is 0 Å². The van der Waals surface area contributed by atoms with Crippen molar-refractivity contribution in [1.29, 1.82) is 0 Å². The third-order valence-corrected chi connectivity index (χ3v) is 5.33. The fourth-order valence-corrected chi connectivity index (χ4v) is 4.23. The highest BCUT2D eigenvalue weighted by Crippen LogP contribution is 2.40. The molecular formula is C15H21NO4. The van der Waals surface area contributed by atoms with Crippen LogP contribution in [-0.4, -0.2) is 34.3 Å². The van der Waals surface area contributed by atoms with Gasteiger partial charge in [-0.2, -0.15) is 0 Å². The number of fused-ring (bicyclic) bond motifs is 1. The zero-order chi connectivity index (χ0) is 14.3. The number of carbonyl (C=O) groups is 3. The standard InChI is InChI=1S/C15H21NO4/c17-13-11-5-1-2-6-12(11)14(18)16(13)8-9-4-3-7-10(9)15(19)20/h9-12H,1-8H2,(H,19,20). The molecule has 4 atom stereocenters. The average molecular weight is 279 g/mol. The lowest BCUT2D eigenvalue weighted by molar-refractivity contribution is -0.146. The van der Waals surface area contributed by atoms with Crippen molar-refractivity contribution in [3.8, 4) is 0 Å². The summed E-state index contributed by atoms with van der Waals surface area (Å²) in [7, 11) is 0. The van der Waals surface area contributed by atoms with Crippen LogP contribution in [0.5, 0.6) is 0 Å². The number of hydrogen-bond donors (Lipinski definition) is 1. The van der Waals surface area contributed by atoms with E-state index in [0.29, 0.717) is 13.0 Å². The first-order chi connectivity index (χ1) is 9.59. The summed E-state index contributed by atoms with van der Waals surface area (Å²) in [6, 6.07) is 0. The van der Waals surface area contributed by atoms with Crippen molar-refractivity contribution in [3.63, 3.8) is 0 Å². The molecule has 2 saturated carbocycles. The van der Waals surface area contributed by atoms with Gasteiger partial charge in [0.05, 0.1) is 17.8 Å². The second kappa shape index (κ2) is 5.19. The third-order valence-electron chi connectivity index (χ3n) is 5.33. The van der Waals surface area contributed by atoms with Crippen LogP contribution in [0.15, 0.2) is 0 Å². The number of carbonyl (C=O) groups excluding carboxylic acids is 2. The molecule has 0 bridgehead atoms. The van der Waals surface area contributed by atoms with Crippen LogP contribution >= 0.6 is 0 Å². The largest absolute Gasteiger partial charge is 0.481 e. The fourth-order valence-electron chi connectivity index (χ4n) is 4.23. The van der Waals surface area contributed by atoms with Crippen molar-refractivity contribution >= 4 is 17.8 Å². The van der Waals surface area contributed by atoms with Gasteiger partial charge in [-0.15, -0.1) is 0 Å². The number of carboxylic acid groups (broad SMARTS) is 1. The number of carboxylic acids is 1. The van der Waals surface area contributed by atoms with E-state index in [4.69, 9.17) is 0 Å².